The minimum absolute atomic E-state index is 0.234. The molecule has 1 aromatic carbocycles. The maximum Gasteiger partial charge on any atom is 0.338 e. The molecule has 0 spiro atoms. The van der Waals surface area contributed by atoms with Crippen LogP contribution in [0.5, 0.6) is 0 Å². The standard InChI is InChI=1S/C15H23NO2/c1-4-10-16(5-2)11-12-18-15(17)14-8-6-13(3)7-9-14/h6-9H,4-5,10-12H2,1-3H3. The first-order valence-electron chi connectivity index (χ1n) is 6.63. The molecule has 3 heteroatoms. The number of hydrogen-bond acceptors (Lipinski definition) is 3. The number of benzene rings is 1. The van der Waals surface area contributed by atoms with Gasteiger partial charge in [0.05, 0.1) is 5.56 Å². The van der Waals surface area contributed by atoms with Crippen molar-refractivity contribution in [2.24, 2.45) is 0 Å². The molecule has 1 aromatic rings. The molecule has 0 N–H and O–H groups in total. The number of carbonyl (C=O) groups is 1. The van der Waals surface area contributed by atoms with Crippen LogP contribution in [-0.4, -0.2) is 37.1 Å². The van der Waals surface area contributed by atoms with Gasteiger partial charge >= 0.3 is 5.97 Å². The summed E-state index contributed by atoms with van der Waals surface area (Å²) in [5.74, 6) is -0.234. The van der Waals surface area contributed by atoms with Gasteiger partial charge in [0.1, 0.15) is 6.61 Å². The van der Waals surface area contributed by atoms with Gasteiger partial charge in [-0.3, -0.25) is 0 Å². The van der Waals surface area contributed by atoms with Crippen molar-refractivity contribution in [3.63, 3.8) is 0 Å². The van der Waals surface area contributed by atoms with Crippen LogP contribution in [0.2, 0.25) is 0 Å². The van der Waals surface area contributed by atoms with Crippen molar-refractivity contribution in [1.82, 2.24) is 4.90 Å². The molecule has 0 atom stereocenters. The Bertz CT molecular complexity index is 359. The van der Waals surface area contributed by atoms with Gasteiger partial charge in [0.15, 0.2) is 0 Å². The summed E-state index contributed by atoms with van der Waals surface area (Å²) >= 11 is 0. The van der Waals surface area contributed by atoms with Crippen LogP contribution < -0.4 is 0 Å². The first kappa shape index (κ1) is 14.7. The van der Waals surface area contributed by atoms with Crippen molar-refractivity contribution in [3.05, 3.63) is 35.4 Å². The van der Waals surface area contributed by atoms with Crippen molar-refractivity contribution in [1.29, 1.82) is 0 Å². The number of aryl methyl sites for hydroxylation is 1. The molecule has 1 rings (SSSR count). The summed E-state index contributed by atoms with van der Waals surface area (Å²) in [7, 11) is 0. The van der Waals surface area contributed by atoms with E-state index in [-0.39, 0.29) is 5.97 Å². The third kappa shape index (κ3) is 4.88. The van der Waals surface area contributed by atoms with E-state index in [9.17, 15) is 4.79 Å². The molecule has 0 fully saturated rings. The number of ether oxygens (including phenoxy) is 1. The fourth-order valence-corrected chi connectivity index (χ4v) is 1.78. The Labute approximate surface area is 110 Å². The summed E-state index contributed by atoms with van der Waals surface area (Å²) in [4.78, 5) is 14.0. The Morgan fingerprint density at radius 1 is 1.17 bits per heavy atom. The molecular weight excluding hydrogens is 226 g/mol. The van der Waals surface area contributed by atoms with E-state index in [0.717, 1.165) is 31.6 Å². The highest BCUT2D eigenvalue weighted by Crippen LogP contribution is 2.04. The Morgan fingerprint density at radius 2 is 1.83 bits per heavy atom. The van der Waals surface area contributed by atoms with Gasteiger partial charge in [0.2, 0.25) is 0 Å². The maximum absolute atomic E-state index is 11.7. The van der Waals surface area contributed by atoms with Gasteiger partial charge < -0.3 is 9.64 Å². The van der Waals surface area contributed by atoms with Gasteiger partial charge in [-0.1, -0.05) is 31.5 Å². The summed E-state index contributed by atoms with van der Waals surface area (Å²) in [5, 5.41) is 0. The number of likely N-dealkylation sites (N-methyl/N-ethyl adjacent to an activating group) is 1. The van der Waals surface area contributed by atoms with E-state index in [0.29, 0.717) is 12.2 Å². The molecule has 0 aromatic heterocycles. The lowest BCUT2D eigenvalue weighted by atomic mass is 10.1. The molecular formula is C15H23NO2. The predicted octanol–water partition coefficient (Wildman–Crippen LogP) is 2.88. The smallest absolute Gasteiger partial charge is 0.338 e. The van der Waals surface area contributed by atoms with Crippen LogP contribution in [0.1, 0.15) is 36.2 Å². The van der Waals surface area contributed by atoms with E-state index < -0.39 is 0 Å². The van der Waals surface area contributed by atoms with E-state index in [1.165, 1.54) is 0 Å². The number of rotatable bonds is 7. The van der Waals surface area contributed by atoms with Crippen molar-refractivity contribution in [3.8, 4) is 0 Å². The van der Waals surface area contributed by atoms with Gasteiger partial charge in [-0.25, -0.2) is 4.79 Å². The molecule has 0 aliphatic rings. The molecule has 18 heavy (non-hydrogen) atoms. The second kappa shape index (κ2) is 7.88. The fourth-order valence-electron chi connectivity index (χ4n) is 1.78. The molecule has 0 aliphatic heterocycles. The lowest BCUT2D eigenvalue weighted by Gasteiger charge is -2.19. The van der Waals surface area contributed by atoms with Gasteiger partial charge in [0, 0.05) is 6.54 Å². The predicted molar refractivity (Wildman–Crippen MR) is 73.9 cm³/mol. The van der Waals surface area contributed by atoms with Crippen LogP contribution in [0.25, 0.3) is 0 Å². The Balaban J connectivity index is 2.35. The average Bonchev–Trinajstić information content (AvgIpc) is 2.38. The lowest BCUT2D eigenvalue weighted by Crippen LogP contribution is -2.28. The monoisotopic (exact) mass is 249 g/mol. The van der Waals surface area contributed by atoms with Crippen LogP contribution in [0.4, 0.5) is 0 Å². The van der Waals surface area contributed by atoms with E-state index in [1.54, 1.807) is 12.1 Å². The normalized spacial score (nSPS) is 10.7. The highest BCUT2D eigenvalue weighted by molar-refractivity contribution is 5.89. The molecule has 0 heterocycles. The molecule has 0 radical (unpaired) electrons. The summed E-state index contributed by atoms with van der Waals surface area (Å²) in [6.07, 6.45) is 1.12. The quantitative estimate of drug-likeness (QED) is 0.696. The van der Waals surface area contributed by atoms with Crippen molar-refractivity contribution >= 4 is 5.97 Å². The molecule has 0 bridgehead atoms. The zero-order valence-corrected chi connectivity index (χ0v) is 11.6. The molecule has 100 valence electrons. The third-order valence-electron chi connectivity index (χ3n) is 2.91. The number of hydrogen-bond donors (Lipinski definition) is 0. The number of nitrogens with zero attached hydrogens (tertiary/aromatic N) is 1. The van der Waals surface area contributed by atoms with Gasteiger partial charge in [0.25, 0.3) is 0 Å². The zero-order chi connectivity index (χ0) is 13.4. The second-order valence-corrected chi connectivity index (χ2v) is 4.44. The van der Waals surface area contributed by atoms with Crippen molar-refractivity contribution in [2.45, 2.75) is 27.2 Å². The van der Waals surface area contributed by atoms with Gasteiger partial charge in [-0.15, -0.1) is 0 Å². The first-order chi connectivity index (χ1) is 8.67. The highest BCUT2D eigenvalue weighted by Gasteiger charge is 2.07. The summed E-state index contributed by atoms with van der Waals surface area (Å²) in [6.45, 7) is 9.59. The lowest BCUT2D eigenvalue weighted by molar-refractivity contribution is 0.0464. The first-order valence-corrected chi connectivity index (χ1v) is 6.63. The van der Waals surface area contributed by atoms with Crippen LogP contribution in [0, 0.1) is 6.92 Å². The highest BCUT2D eigenvalue weighted by atomic mass is 16.5. The van der Waals surface area contributed by atoms with E-state index in [1.807, 2.05) is 19.1 Å². The molecule has 0 saturated heterocycles. The molecule has 0 unspecified atom stereocenters. The van der Waals surface area contributed by atoms with Crippen LogP contribution >= 0.6 is 0 Å². The van der Waals surface area contributed by atoms with E-state index in [2.05, 4.69) is 18.7 Å². The van der Waals surface area contributed by atoms with Crippen LogP contribution in [0.3, 0.4) is 0 Å². The number of esters is 1. The summed E-state index contributed by atoms with van der Waals surface area (Å²) < 4.78 is 5.27. The molecule has 0 aliphatic carbocycles. The van der Waals surface area contributed by atoms with Gasteiger partial charge in [-0.05, 0) is 38.6 Å². The SMILES string of the molecule is CCCN(CC)CCOC(=O)c1ccc(C)cc1. The van der Waals surface area contributed by atoms with Crippen molar-refractivity contribution < 1.29 is 9.53 Å². The summed E-state index contributed by atoms with van der Waals surface area (Å²) in [6, 6.07) is 7.46. The van der Waals surface area contributed by atoms with Crippen molar-refractivity contribution in [2.75, 3.05) is 26.2 Å². The molecule has 3 nitrogen and oxygen atoms in total. The topological polar surface area (TPSA) is 29.5 Å². The van der Waals surface area contributed by atoms with E-state index >= 15 is 0 Å². The van der Waals surface area contributed by atoms with Crippen LogP contribution in [-0.2, 0) is 4.74 Å². The second-order valence-electron chi connectivity index (χ2n) is 4.44. The zero-order valence-electron chi connectivity index (χ0n) is 11.6. The summed E-state index contributed by atoms with van der Waals surface area (Å²) in [5.41, 5.74) is 1.77. The van der Waals surface area contributed by atoms with E-state index in [4.69, 9.17) is 4.74 Å². The molecule has 0 saturated carbocycles. The minimum atomic E-state index is -0.234. The maximum atomic E-state index is 11.7. The average molecular weight is 249 g/mol. The third-order valence-corrected chi connectivity index (χ3v) is 2.91. The largest absolute Gasteiger partial charge is 0.461 e. The number of carbonyl (C=O) groups excluding carboxylic acids is 1. The Morgan fingerprint density at radius 3 is 2.39 bits per heavy atom. The molecule has 0 amide bonds. The van der Waals surface area contributed by atoms with Crippen LogP contribution in [0.15, 0.2) is 24.3 Å². The fraction of sp³-hybridized carbons (Fsp3) is 0.533. The van der Waals surface area contributed by atoms with Gasteiger partial charge in [-0.2, -0.15) is 0 Å². The Hall–Kier alpha value is -1.35. The minimum Gasteiger partial charge on any atom is -0.461 e. The Kier molecular flexibility index (Phi) is 6.44.